The first-order chi connectivity index (χ1) is 6.24. The van der Waals surface area contributed by atoms with E-state index >= 15 is 0 Å². The Hall–Kier alpha value is -0.550. The fraction of sp³-hybridized carbons (Fsp3) is 0.909. The summed E-state index contributed by atoms with van der Waals surface area (Å²) in [7, 11) is 0. The third kappa shape index (κ3) is 3.36. The van der Waals surface area contributed by atoms with E-state index in [0.717, 1.165) is 6.54 Å². The van der Waals surface area contributed by atoms with Crippen LogP contribution in [0, 0.1) is 23.2 Å². The molecule has 74 valence electrons. The van der Waals surface area contributed by atoms with E-state index in [4.69, 9.17) is 5.26 Å². The van der Waals surface area contributed by atoms with Crippen LogP contribution < -0.4 is 0 Å². The zero-order chi connectivity index (χ0) is 9.68. The van der Waals surface area contributed by atoms with Crippen LogP contribution in [0.1, 0.15) is 33.1 Å². The molecule has 0 aromatic heterocycles. The predicted octanol–water partition coefficient (Wildman–Crippen LogP) is 2.27. The standard InChI is InChI=1S/C11H20N2/c1-10(2)11(8-12)9-13-6-4-3-5-7-13/h10-11H,3-7,9H2,1-2H3. The Balaban J connectivity index is 2.32. The molecule has 1 atom stereocenters. The average Bonchev–Trinajstić information content (AvgIpc) is 2.15. The summed E-state index contributed by atoms with van der Waals surface area (Å²) >= 11 is 0. The van der Waals surface area contributed by atoms with Crippen LogP contribution in [-0.2, 0) is 0 Å². The fourth-order valence-electron chi connectivity index (χ4n) is 1.82. The second kappa shape index (κ2) is 5.24. The molecule has 1 aliphatic heterocycles. The summed E-state index contributed by atoms with van der Waals surface area (Å²) in [5.41, 5.74) is 0. The van der Waals surface area contributed by atoms with Gasteiger partial charge < -0.3 is 4.90 Å². The van der Waals surface area contributed by atoms with E-state index in [1.807, 2.05) is 0 Å². The topological polar surface area (TPSA) is 27.0 Å². The first kappa shape index (κ1) is 10.5. The molecule has 2 nitrogen and oxygen atoms in total. The molecule has 13 heavy (non-hydrogen) atoms. The summed E-state index contributed by atoms with van der Waals surface area (Å²) in [6.45, 7) is 7.65. The van der Waals surface area contributed by atoms with E-state index in [0.29, 0.717) is 5.92 Å². The number of hydrogen-bond acceptors (Lipinski definition) is 2. The highest BCUT2D eigenvalue weighted by Gasteiger charge is 2.18. The summed E-state index contributed by atoms with van der Waals surface area (Å²) in [5.74, 6) is 0.713. The number of hydrogen-bond donors (Lipinski definition) is 0. The van der Waals surface area contributed by atoms with Gasteiger partial charge in [-0.25, -0.2) is 0 Å². The summed E-state index contributed by atoms with van der Waals surface area (Å²) < 4.78 is 0. The average molecular weight is 180 g/mol. The SMILES string of the molecule is CC(C)C(C#N)CN1CCCCC1. The smallest absolute Gasteiger partial charge is 0.0672 e. The second-order valence-electron chi connectivity index (χ2n) is 4.34. The molecule has 0 saturated carbocycles. The van der Waals surface area contributed by atoms with E-state index in [1.165, 1.54) is 32.4 Å². The highest BCUT2D eigenvalue weighted by Crippen LogP contribution is 2.15. The van der Waals surface area contributed by atoms with Gasteiger partial charge in [-0.3, -0.25) is 0 Å². The molecule has 0 amide bonds. The third-order valence-electron chi connectivity index (χ3n) is 2.87. The Morgan fingerprint density at radius 1 is 1.23 bits per heavy atom. The molecule has 0 N–H and O–H groups in total. The molecule has 1 saturated heterocycles. The van der Waals surface area contributed by atoms with Gasteiger partial charge in [0.15, 0.2) is 0 Å². The van der Waals surface area contributed by atoms with Crippen LogP contribution in [0.3, 0.4) is 0 Å². The first-order valence-corrected chi connectivity index (χ1v) is 5.36. The fourth-order valence-corrected chi connectivity index (χ4v) is 1.82. The van der Waals surface area contributed by atoms with Gasteiger partial charge in [-0.15, -0.1) is 0 Å². The lowest BCUT2D eigenvalue weighted by atomic mass is 9.96. The highest BCUT2D eigenvalue weighted by molar-refractivity contribution is 4.87. The van der Waals surface area contributed by atoms with Gasteiger partial charge in [-0.2, -0.15) is 5.26 Å². The van der Waals surface area contributed by atoms with Crippen LogP contribution in [-0.4, -0.2) is 24.5 Å². The van der Waals surface area contributed by atoms with Crippen LogP contribution in [0.4, 0.5) is 0 Å². The molecular formula is C11H20N2. The van der Waals surface area contributed by atoms with E-state index in [2.05, 4.69) is 24.8 Å². The Morgan fingerprint density at radius 2 is 1.85 bits per heavy atom. The van der Waals surface area contributed by atoms with Gasteiger partial charge in [0, 0.05) is 6.54 Å². The number of rotatable bonds is 3. The second-order valence-corrected chi connectivity index (χ2v) is 4.34. The van der Waals surface area contributed by atoms with Crippen LogP contribution in [0.2, 0.25) is 0 Å². The lowest BCUT2D eigenvalue weighted by Gasteiger charge is -2.29. The molecule has 0 radical (unpaired) electrons. The van der Waals surface area contributed by atoms with E-state index in [1.54, 1.807) is 0 Å². The summed E-state index contributed by atoms with van der Waals surface area (Å²) in [5, 5.41) is 8.95. The number of nitrogens with zero attached hydrogens (tertiary/aromatic N) is 2. The minimum atomic E-state index is 0.220. The monoisotopic (exact) mass is 180 g/mol. The molecule has 0 aliphatic carbocycles. The van der Waals surface area contributed by atoms with Crippen LogP contribution in [0.5, 0.6) is 0 Å². The Labute approximate surface area is 81.5 Å². The van der Waals surface area contributed by atoms with Crippen molar-refractivity contribution in [1.82, 2.24) is 4.90 Å². The van der Waals surface area contributed by atoms with Gasteiger partial charge in [-0.05, 0) is 31.8 Å². The third-order valence-corrected chi connectivity index (χ3v) is 2.87. The van der Waals surface area contributed by atoms with Gasteiger partial charge in [0.2, 0.25) is 0 Å². The Bertz CT molecular complexity index is 175. The molecule has 0 aromatic rings. The van der Waals surface area contributed by atoms with Gasteiger partial charge in [0.05, 0.1) is 12.0 Å². The molecule has 0 aromatic carbocycles. The van der Waals surface area contributed by atoms with Crippen molar-refractivity contribution in [3.63, 3.8) is 0 Å². The number of likely N-dealkylation sites (tertiary alicyclic amines) is 1. The maximum Gasteiger partial charge on any atom is 0.0672 e. The van der Waals surface area contributed by atoms with Crippen molar-refractivity contribution in [2.45, 2.75) is 33.1 Å². The van der Waals surface area contributed by atoms with Crippen molar-refractivity contribution in [3.8, 4) is 6.07 Å². The largest absolute Gasteiger partial charge is 0.302 e. The van der Waals surface area contributed by atoms with Crippen molar-refractivity contribution >= 4 is 0 Å². The maximum atomic E-state index is 8.95. The summed E-state index contributed by atoms with van der Waals surface area (Å²) in [6, 6.07) is 2.41. The molecule has 2 heteroatoms. The normalized spacial score (nSPS) is 21.4. The summed E-state index contributed by atoms with van der Waals surface area (Å²) in [6.07, 6.45) is 4.00. The lowest BCUT2D eigenvalue weighted by Crippen LogP contribution is -2.35. The molecule has 0 bridgehead atoms. The molecule has 1 unspecified atom stereocenters. The van der Waals surface area contributed by atoms with Crippen LogP contribution in [0.25, 0.3) is 0 Å². The first-order valence-electron chi connectivity index (χ1n) is 5.36. The Kier molecular flexibility index (Phi) is 4.24. The minimum Gasteiger partial charge on any atom is -0.302 e. The Morgan fingerprint density at radius 3 is 2.31 bits per heavy atom. The van der Waals surface area contributed by atoms with E-state index in [-0.39, 0.29) is 5.92 Å². The molecule has 1 heterocycles. The van der Waals surface area contributed by atoms with Crippen LogP contribution >= 0.6 is 0 Å². The quantitative estimate of drug-likeness (QED) is 0.666. The van der Waals surface area contributed by atoms with Crippen molar-refractivity contribution in [2.24, 2.45) is 11.8 Å². The van der Waals surface area contributed by atoms with Crippen molar-refractivity contribution in [1.29, 1.82) is 5.26 Å². The zero-order valence-electron chi connectivity index (χ0n) is 8.79. The molecule has 1 aliphatic rings. The molecule has 0 spiro atoms. The van der Waals surface area contributed by atoms with Crippen LogP contribution in [0.15, 0.2) is 0 Å². The van der Waals surface area contributed by atoms with Gasteiger partial charge in [-0.1, -0.05) is 20.3 Å². The van der Waals surface area contributed by atoms with E-state index < -0.39 is 0 Å². The molecular weight excluding hydrogens is 160 g/mol. The minimum absolute atomic E-state index is 0.220. The van der Waals surface area contributed by atoms with Gasteiger partial charge in [0.25, 0.3) is 0 Å². The van der Waals surface area contributed by atoms with Gasteiger partial charge in [0.1, 0.15) is 0 Å². The maximum absolute atomic E-state index is 8.95. The van der Waals surface area contributed by atoms with Crippen molar-refractivity contribution in [2.75, 3.05) is 19.6 Å². The molecule has 1 rings (SSSR count). The zero-order valence-corrected chi connectivity index (χ0v) is 8.79. The number of piperidine rings is 1. The number of nitriles is 1. The van der Waals surface area contributed by atoms with Gasteiger partial charge >= 0.3 is 0 Å². The predicted molar refractivity (Wildman–Crippen MR) is 54.2 cm³/mol. The lowest BCUT2D eigenvalue weighted by molar-refractivity contribution is 0.195. The molecule has 1 fully saturated rings. The van der Waals surface area contributed by atoms with E-state index in [9.17, 15) is 0 Å². The highest BCUT2D eigenvalue weighted by atomic mass is 15.1. The van der Waals surface area contributed by atoms with Crippen molar-refractivity contribution in [3.05, 3.63) is 0 Å². The summed E-state index contributed by atoms with van der Waals surface area (Å²) in [4.78, 5) is 2.44. The van der Waals surface area contributed by atoms with Crippen molar-refractivity contribution < 1.29 is 0 Å².